The lowest BCUT2D eigenvalue weighted by Gasteiger charge is -1.99. The summed E-state index contributed by atoms with van der Waals surface area (Å²) < 4.78 is 39.2. The molecule has 2 heterocycles. The molecule has 102 valence electrons. The van der Waals surface area contributed by atoms with Gasteiger partial charge in [-0.05, 0) is 22.0 Å². The summed E-state index contributed by atoms with van der Waals surface area (Å²) in [5, 5.41) is 6.01. The molecule has 2 N–H and O–H groups in total. The molecule has 0 atom stereocenters. The predicted molar refractivity (Wildman–Crippen MR) is 64.5 cm³/mol. The fraction of sp³-hybridized carbons (Fsp3) is 0.111. The van der Waals surface area contributed by atoms with E-state index in [1.807, 2.05) is 0 Å². The van der Waals surface area contributed by atoms with Crippen molar-refractivity contribution in [2.75, 3.05) is 0 Å². The maximum Gasteiger partial charge on any atom is 0.333 e. The van der Waals surface area contributed by atoms with Gasteiger partial charge in [-0.25, -0.2) is 0 Å². The van der Waals surface area contributed by atoms with Crippen LogP contribution >= 0.6 is 15.9 Å². The zero-order valence-corrected chi connectivity index (χ0v) is 11.6. The monoisotopic (exact) mass is 351 g/mol. The lowest BCUT2D eigenvalue weighted by Crippen LogP contribution is -2.22. The molecule has 0 bridgehead atoms. The van der Waals surface area contributed by atoms with E-state index in [4.69, 9.17) is 4.52 Å². The first-order valence-corrected chi connectivity index (χ1v) is 7.06. The summed E-state index contributed by atoms with van der Waals surface area (Å²) in [5.74, 6) is -0.187. The van der Waals surface area contributed by atoms with Crippen molar-refractivity contribution in [1.29, 1.82) is 0 Å². The minimum atomic E-state index is -4.83. The average molecular weight is 352 g/mol. The molecule has 0 saturated heterocycles. The second-order valence-electron chi connectivity index (χ2n) is 3.49. The van der Waals surface area contributed by atoms with Crippen LogP contribution in [0, 0.1) is 0 Å². The molecule has 0 aliphatic rings. The molecule has 2 aromatic heterocycles. The highest BCUT2D eigenvalue weighted by Gasteiger charge is 2.17. The molecule has 10 heteroatoms. The zero-order chi connectivity index (χ0) is 14.0. The van der Waals surface area contributed by atoms with Crippen LogP contribution in [-0.4, -0.2) is 24.5 Å². The molecule has 0 radical (unpaired) electrons. The maximum absolute atomic E-state index is 12.6. The predicted octanol–water partition coefficient (Wildman–Crippen LogP) is 1.35. The van der Waals surface area contributed by atoms with Crippen molar-refractivity contribution in [2.45, 2.75) is 11.4 Å². The molecule has 0 aliphatic heterocycles. The van der Waals surface area contributed by atoms with Crippen LogP contribution in [0.25, 0.3) is 0 Å². The maximum atomic E-state index is 12.6. The highest BCUT2D eigenvalue weighted by molar-refractivity contribution is 9.10. The van der Waals surface area contributed by atoms with Crippen LogP contribution in [0.1, 0.15) is 16.2 Å². The van der Waals surface area contributed by atoms with E-state index in [9.17, 15) is 17.1 Å². The first-order valence-electron chi connectivity index (χ1n) is 4.88. The summed E-state index contributed by atoms with van der Waals surface area (Å²) in [6.45, 7) is 0.0637. The molecular weight excluding hydrogens is 345 g/mol. The summed E-state index contributed by atoms with van der Waals surface area (Å²) in [6, 6.07) is 2.47. The number of nitrogens with one attached hydrogen (secondary N) is 2. The van der Waals surface area contributed by atoms with Crippen molar-refractivity contribution in [3.05, 3.63) is 34.4 Å². The Labute approximate surface area is 115 Å². The van der Waals surface area contributed by atoms with Crippen molar-refractivity contribution in [3.8, 4) is 0 Å². The number of aromatic amines is 1. The van der Waals surface area contributed by atoms with Crippen LogP contribution in [0.2, 0.25) is 0 Å². The van der Waals surface area contributed by atoms with Gasteiger partial charge >= 0.3 is 10.2 Å². The minimum absolute atomic E-state index is 0.0637. The third-order valence-corrected chi connectivity index (χ3v) is 3.31. The van der Waals surface area contributed by atoms with Gasteiger partial charge < -0.3 is 14.8 Å². The number of H-pyrrole nitrogens is 1. The Balaban J connectivity index is 2.02. The van der Waals surface area contributed by atoms with Gasteiger partial charge in [-0.15, -0.1) is 3.89 Å². The Kier molecular flexibility index (Phi) is 3.71. The van der Waals surface area contributed by atoms with E-state index in [1.165, 1.54) is 0 Å². The highest BCUT2D eigenvalue weighted by Crippen LogP contribution is 2.13. The highest BCUT2D eigenvalue weighted by atomic mass is 79.9. The summed E-state index contributed by atoms with van der Waals surface area (Å²) in [4.78, 5) is 13.4. The second kappa shape index (κ2) is 5.13. The van der Waals surface area contributed by atoms with E-state index in [-0.39, 0.29) is 12.2 Å². The lowest BCUT2D eigenvalue weighted by atomic mass is 10.4. The van der Waals surface area contributed by atoms with Gasteiger partial charge in [-0.3, -0.25) is 4.79 Å². The average Bonchev–Trinajstić information content (AvgIpc) is 2.93. The summed E-state index contributed by atoms with van der Waals surface area (Å²) in [7, 11) is -4.83. The summed E-state index contributed by atoms with van der Waals surface area (Å²) in [5.41, 5.74) is -0.0743. The van der Waals surface area contributed by atoms with Gasteiger partial charge in [0, 0.05) is 12.3 Å². The van der Waals surface area contributed by atoms with Gasteiger partial charge in [-0.1, -0.05) is 5.16 Å². The smallest absolute Gasteiger partial charge is 0.333 e. The van der Waals surface area contributed by atoms with Gasteiger partial charge in [0.2, 0.25) is 0 Å². The van der Waals surface area contributed by atoms with Gasteiger partial charge in [-0.2, -0.15) is 8.42 Å². The van der Waals surface area contributed by atoms with Gasteiger partial charge in [0.25, 0.3) is 5.91 Å². The molecule has 0 spiro atoms. The van der Waals surface area contributed by atoms with E-state index in [1.54, 1.807) is 6.07 Å². The fourth-order valence-electron chi connectivity index (χ4n) is 1.28. The number of carbonyl (C=O) groups is 1. The molecule has 7 nitrogen and oxygen atoms in total. The number of rotatable bonds is 4. The molecule has 19 heavy (non-hydrogen) atoms. The number of halogens is 2. The molecular formula is C9H7BrFN3O4S. The van der Waals surface area contributed by atoms with Gasteiger partial charge in [0.1, 0.15) is 15.2 Å². The normalized spacial score (nSPS) is 11.5. The molecule has 0 aromatic carbocycles. The number of aromatic nitrogens is 2. The Morgan fingerprint density at radius 1 is 1.53 bits per heavy atom. The van der Waals surface area contributed by atoms with Crippen molar-refractivity contribution in [2.24, 2.45) is 0 Å². The van der Waals surface area contributed by atoms with E-state index in [2.05, 4.69) is 31.4 Å². The van der Waals surface area contributed by atoms with Gasteiger partial charge in [0.15, 0.2) is 5.76 Å². The summed E-state index contributed by atoms with van der Waals surface area (Å²) in [6.07, 6.45) is 0.898. The fourth-order valence-corrected chi connectivity index (χ4v) is 2.07. The topological polar surface area (TPSA) is 105 Å². The second-order valence-corrected chi connectivity index (χ2v) is 5.65. The first kappa shape index (κ1) is 13.7. The zero-order valence-electron chi connectivity index (χ0n) is 9.18. The quantitative estimate of drug-likeness (QED) is 0.809. The van der Waals surface area contributed by atoms with Crippen LogP contribution in [-0.2, 0) is 16.8 Å². The van der Waals surface area contributed by atoms with Gasteiger partial charge in [0.05, 0.1) is 6.54 Å². The number of hydrogen-bond donors (Lipinski definition) is 2. The van der Waals surface area contributed by atoms with Crippen LogP contribution in [0.5, 0.6) is 0 Å². The van der Waals surface area contributed by atoms with Crippen LogP contribution in [0.15, 0.2) is 32.4 Å². The number of amides is 1. The third kappa shape index (κ3) is 3.41. The molecule has 0 unspecified atom stereocenters. The number of carbonyl (C=O) groups excluding carboxylic acids is 1. The molecule has 0 aliphatic carbocycles. The van der Waals surface area contributed by atoms with E-state index in [0.717, 1.165) is 12.3 Å². The van der Waals surface area contributed by atoms with E-state index < -0.39 is 21.0 Å². The lowest BCUT2D eigenvalue weighted by molar-refractivity contribution is 0.0942. The summed E-state index contributed by atoms with van der Waals surface area (Å²) >= 11 is 3.08. The Morgan fingerprint density at radius 2 is 2.26 bits per heavy atom. The Hall–Kier alpha value is -1.68. The molecule has 1 amide bonds. The van der Waals surface area contributed by atoms with E-state index >= 15 is 0 Å². The first-order chi connectivity index (χ1) is 8.86. The molecule has 0 saturated carbocycles. The van der Waals surface area contributed by atoms with Crippen LogP contribution in [0.3, 0.4) is 0 Å². The van der Waals surface area contributed by atoms with Crippen molar-refractivity contribution in [1.82, 2.24) is 15.5 Å². The van der Waals surface area contributed by atoms with Crippen molar-refractivity contribution >= 4 is 32.1 Å². The van der Waals surface area contributed by atoms with Crippen LogP contribution < -0.4 is 5.32 Å². The SMILES string of the molecule is O=C(NCc1cc(Br)no1)c1cc(S(=O)(=O)F)c[nH]1. The molecule has 2 rings (SSSR count). The standard InChI is InChI=1S/C9H7BrFN3O4S/c10-8-1-5(18-14-8)3-13-9(15)7-2-6(4-12-7)19(11,16)17/h1-2,4,12H,3H2,(H,13,15). The molecule has 0 fully saturated rings. The van der Waals surface area contributed by atoms with Crippen LogP contribution in [0.4, 0.5) is 3.89 Å². The number of hydrogen-bond acceptors (Lipinski definition) is 5. The van der Waals surface area contributed by atoms with Crippen molar-refractivity contribution < 1.29 is 21.6 Å². The minimum Gasteiger partial charge on any atom is -0.358 e. The molecule has 2 aromatic rings. The Morgan fingerprint density at radius 3 is 2.79 bits per heavy atom. The Bertz CT molecular complexity index is 709. The largest absolute Gasteiger partial charge is 0.358 e. The third-order valence-electron chi connectivity index (χ3n) is 2.14. The number of nitrogens with zero attached hydrogens (tertiary/aromatic N) is 1. The van der Waals surface area contributed by atoms with E-state index in [0.29, 0.717) is 10.4 Å². The van der Waals surface area contributed by atoms with Crippen molar-refractivity contribution in [3.63, 3.8) is 0 Å².